The van der Waals surface area contributed by atoms with E-state index >= 15 is 0 Å². The summed E-state index contributed by atoms with van der Waals surface area (Å²) in [7, 11) is 0. The second kappa shape index (κ2) is 7.30. The van der Waals surface area contributed by atoms with Crippen LogP contribution in [0.2, 0.25) is 0 Å². The van der Waals surface area contributed by atoms with Crippen LogP contribution < -0.4 is 5.32 Å². The summed E-state index contributed by atoms with van der Waals surface area (Å²) in [5.74, 6) is 0.0585. The fourth-order valence-electron chi connectivity index (χ4n) is 5.75. The van der Waals surface area contributed by atoms with Crippen LogP contribution in [-0.4, -0.2) is 11.6 Å². The molecule has 0 bridgehead atoms. The molecule has 3 nitrogen and oxygen atoms in total. The van der Waals surface area contributed by atoms with Crippen molar-refractivity contribution in [2.45, 2.75) is 59.3 Å². The molecule has 3 heteroatoms. The maximum atomic E-state index is 13.5. The molecule has 1 aliphatic heterocycles. The van der Waals surface area contributed by atoms with Crippen LogP contribution >= 0.6 is 0 Å². The topological polar surface area (TPSA) is 46.2 Å². The van der Waals surface area contributed by atoms with E-state index in [1.165, 1.54) is 0 Å². The van der Waals surface area contributed by atoms with Gasteiger partial charge in [-0.3, -0.25) is 9.59 Å². The predicted octanol–water partition coefficient (Wildman–Crippen LogP) is 6.33. The van der Waals surface area contributed by atoms with Gasteiger partial charge in [-0.1, -0.05) is 82.3 Å². The number of rotatable bonds is 2. The van der Waals surface area contributed by atoms with Gasteiger partial charge in [0, 0.05) is 41.3 Å². The zero-order valence-corrected chi connectivity index (χ0v) is 19.4. The fraction of sp³-hybridized carbons (Fsp3) is 0.379. The van der Waals surface area contributed by atoms with Gasteiger partial charge in [-0.25, -0.2) is 0 Å². The Kier molecular flexibility index (Phi) is 4.77. The third-order valence-electron chi connectivity index (χ3n) is 7.05. The fourth-order valence-corrected chi connectivity index (χ4v) is 5.75. The van der Waals surface area contributed by atoms with Gasteiger partial charge in [-0.05, 0) is 40.4 Å². The number of carbonyl (C=O) groups is 2. The van der Waals surface area contributed by atoms with E-state index in [0.717, 1.165) is 52.1 Å². The first-order valence-corrected chi connectivity index (χ1v) is 11.6. The summed E-state index contributed by atoms with van der Waals surface area (Å²) in [6.07, 6.45) is 2.69. The van der Waals surface area contributed by atoms with Gasteiger partial charge in [0.05, 0.1) is 0 Å². The number of carbonyl (C=O) groups excluding carboxylic acids is 2. The highest BCUT2D eigenvalue weighted by atomic mass is 16.1. The van der Waals surface area contributed by atoms with Crippen LogP contribution in [0.25, 0.3) is 11.1 Å². The average Bonchev–Trinajstić information content (AvgIpc) is 2.71. The second-order valence-corrected chi connectivity index (χ2v) is 11.2. The minimum Gasteiger partial charge on any atom is -0.362 e. The summed E-state index contributed by atoms with van der Waals surface area (Å²) in [5.41, 5.74) is 6.78. The van der Waals surface area contributed by atoms with Crippen LogP contribution in [0.15, 0.2) is 77.1 Å². The predicted molar refractivity (Wildman–Crippen MR) is 128 cm³/mol. The molecule has 5 rings (SSSR count). The number of ketones is 2. The smallest absolute Gasteiger partial charge is 0.162 e. The van der Waals surface area contributed by atoms with Gasteiger partial charge in [0.25, 0.3) is 0 Å². The first-order valence-electron chi connectivity index (χ1n) is 11.6. The Morgan fingerprint density at radius 3 is 1.78 bits per heavy atom. The molecule has 164 valence electrons. The van der Waals surface area contributed by atoms with Crippen LogP contribution in [-0.2, 0) is 9.59 Å². The van der Waals surface area contributed by atoms with Gasteiger partial charge in [0.2, 0.25) is 0 Å². The Bertz CT molecular complexity index is 1130. The van der Waals surface area contributed by atoms with Gasteiger partial charge in [0.1, 0.15) is 0 Å². The van der Waals surface area contributed by atoms with E-state index in [-0.39, 0.29) is 28.3 Å². The SMILES string of the molecule is CC1(C)CC(=O)C2=C(C1)NC1=C(C(=O)CC(C)(C)C1)C2c1cccc(-c2ccccc2)c1. The molecule has 0 unspecified atom stereocenters. The first-order chi connectivity index (χ1) is 15.1. The van der Waals surface area contributed by atoms with Crippen LogP contribution in [0.3, 0.4) is 0 Å². The molecule has 0 atom stereocenters. The molecule has 0 fully saturated rings. The normalized spacial score (nSPS) is 22.4. The summed E-state index contributed by atoms with van der Waals surface area (Å²) in [6, 6.07) is 18.7. The Hall–Kier alpha value is -2.94. The van der Waals surface area contributed by atoms with Crippen LogP contribution in [0.4, 0.5) is 0 Å². The zero-order valence-electron chi connectivity index (χ0n) is 19.4. The third-order valence-corrected chi connectivity index (χ3v) is 7.05. The van der Waals surface area contributed by atoms with E-state index in [4.69, 9.17) is 0 Å². The molecule has 0 saturated carbocycles. The Labute approximate surface area is 190 Å². The lowest BCUT2D eigenvalue weighted by Gasteiger charge is -2.44. The van der Waals surface area contributed by atoms with Crippen molar-refractivity contribution in [3.8, 4) is 11.1 Å². The van der Waals surface area contributed by atoms with E-state index in [0.29, 0.717) is 12.8 Å². The number of nitrogens with one attached hydrogen (secondary N) is 1. The molecule has 0 radical (unpaired) electrons. The van der Waals surface area contributed by atoms with Gasteiger partial charge >= 0.3 is 0 Å². The Morgan fingerprint density at radius 1 is 0.688 bits per heavy atom. The van der Waals surface area contributed by atoms with E-state index in [2.05, 4.69) is 69.4 Å². The van der Waals surface area contributed by atoms with E-state index in [1.807, 2.05) is 18.2 Å². The minimum atomic E-state index is -0.280. The van der Waals surface area contributed by atoms with Gasteiger partial charge in [0.15, 0.2) is 11.6 Å². The lowest BCUT2D eigenvalue weighted by atomic mass is 9.64. The lowest BCUT2D eigenvalue weighted by molar-refractivity contribution is -0.119. The quantitative estimate of drug-likeness (QED) is 0.612. The molecule has 2 aliphatic carbocycles. The second-order valence-electron chi connectivity index (χ2n) is 11.2. The van der Waals surface area contributed by atoms with E-state index in [1.54, 1.807) is 0 Å². The number of benzene rings is 2. The Balaban J connectivity index is 1.69. The molecule has 0 spiro atoms. The van der Waals surface area contributed by atoms with Crippen molar-refractivity contribution >= 4 is 11.6 Å². The zero-order chi connectivity index (χ0) is 22.7. The monoisotopic (exact) mass is 425 g/mol. The van der Waals surface area contributed by atoms with Crippen molar-refractivity contribution in [3.63, 3.8) is 0 Å². The van der Waals surface area contributed by atoms with Gasteiger partial charge in [-0.2, -0.15) is 0 Å². The highest BCUT2D eigenvalue weighted by molar-refractivity contribution is 6.06. The highest BCUT2D eigenvalue weighted by Gasteiger charge is 2.46. The molecule has 1 heterocycles. The summed E-state index contributed by atoms with van der Waals surface area (Å²) < 4.78 is 0. The number of hydrogen-bond acceptors (Lipinski definition) is 3. The maximum absolute atomic E-state index is 13.5. The molecule has 1 N–H and O–H groups in total. The molecule has 0 amide bonds. The lowest BCUT2D eigenvalue weighted by Crippen LogP contribution is -2.42. The van der Waals surface area contributed by atoms with Crippen molar-refractivity contribution in [1.82, 2.24) is 5.32 Å². The van der Waals surface area contributed by atoms with Crippen LogP contribution in [0.1, 0.15) is 64.9 Å². The molecule has 0 saturated heterocycles. The molecule has 2 aromatic rings. The van der Waals surface area contributed by atoms with Crippen molar-refractivity contribution in [2.75, 3.05) is 0 Å². The van der Waals surface area contributed by atoms with Crippen molar-refractivity contribution in [2.24, 2.45) is 10.8 Å². The molecule has 3 aliphatic rings. The number of hydrogen-bond donors (Lipinski definition) is 1. The van der Waals surface area contributed by atoms with Crippen LogP contribution in [0.5, 0.6) is 0 Å². The third kappa shape index (κ3) is 3.64. The minimum absolute atomic E-state index is 0.0778. The van der Waals surface area contributed by atoms with Gasteiger partial charge < -0.3 is 5.32 Å². The summed E-state index contributed by atoms with van der Waals surface area (Å²) in [6.45, 7) is 8.62. The molecular formula is C29H31NO2. The molecule has 0 aromatic heterocycles. The summed E-state index contributed by atoms with van der Waals surface area (Å²) in [5, 5.41) is 3.59. The first kappa shape index (κ1) is 20.9. The van der Waals surface area contributed by atoms with E-state index < -0.39 is 0 Å². The average molecular weight is 426 g/mol. The number of dihydropyridines is 1. The van der Waals surface area contributed by atoms with Crippen molar-refractivity contribution in [3.05, 3.63) is 82.7 Å². The summed E-state index contributed by atoms with van der Waals surface area (Å²) >= 11 is 0. The number of allylic oxidation sites excluding steroid dienone is 4. The largest absolute Gasteiger partial charge is 0.362 e. The highest BCUT2D eigenvalue weighted by Crippen LogP contribution is 2.51. The standard InChI is InChI=1S/C29H31NO2/c1-28(2)14-21-26(23(31)16-28)25(27-22(30-21)15-29(3,4)17-24(27)32)20-12-8-11-19(13-20)18-9-6-5-7-10-18/h5-13,25,30H,14-17H2,1-4H3. The van der Waals surface area contributed by atoms with Gasteiger partial charge in [-0.15, -0.1) is 0 Å². The Morgan fingerprint density at radius 2 is 1.22 bits per heavy atom. The maximum Gasteiger partial charge on any atom is 0.162 e. The molecular weight excluding hydrogens is 394 g/mol. The molecule has 2 aromatic carbocycles. The van der Waals surface area contributed by atoms with Crippen molar-refractivity contribution < 1.29 is 9.59 Å². The van der Waals surface area contributed by atoms with Crippen LogP contribution in [0, 0.1) is 10.8 Å². The van der Waals surface area contributed by atoms with E-state index in [9.17, 15) is 9.59 Å². The number of Topliss-reactive ketones (excluding diaryl/α,β-unsaturated/α-hetero) is 2. The summed E-state index contributed by atoms with van der Waals surface area (Å²) in [4.78, 5) is 26.9. The van der Waals surface area contributed by atoms with Crippen molar-refractivity contribution in [1.29, 1.82) is 0 Å². The molecule has 32 heavy (non-hydrogen) atoms.